The van der Waals surface area contributed by atoms with Crippen LogP contribution < -0.4 is 0 Å². The van der Waals surface area contributed by atoms with Crippen molar-refractivity contribution in [2.75, 3.05) is 24.7 Å². The minimum absolute atomic E-state index is 0.361. The summed E-state index contributed by atoms with van der Waals surface area (Å²) in [6, 6.07) is 0. The van der Waals surface area contributed by atoms with E-state index in [1.54, 1.807) is 0 Å². The zero-order valence-corrected chi connectivity index (χ0v) is 17.5. The third-order valence-corrected chi connectivity index (χ3v) is 6.93. The SMILES string of the molecule is OCCCCCCCCCCSSCCCCCCCCCCO. The van der Waals surface area contributed by atoms with Crippen LogP contribution in [-0.2, 0) is 0 Å². The van der Waals surface area contributed by atoms with E-state index >= 15 is 0 Å². The summed E-state index contributed by atoms with van der Waals surface area (Å²) < 4.78 is 0. The second-order valence-corrected chi connectivity index (χ2v) is 9.45. The summed E-state index contributed by atoms with van der Waals surface area (Å²) in [6.07, 6.45) is 20.8. The molecule has 0 saturated heterocycles. The highest BCUT2D eigenvalue weighted by atomic mass is 33.1. The van der Waals surface area contributed by atoms with E-state index in [1.807, 2.05) is 0 Å². The molecule has 0 unspecified atom stereocenters. The van der Waals surface area contributed by atoms with Gasteiger partial charge in [0.1, 0.15) is 0 Å². The van der Waals surface area contributed by atoms with E-state index in [2.05, 4.69) is 21.6 Å². The van der Waals surface area contributed by atoms with Gasteiger partial charge in [0.25, 0.3) is 0 Å². The lowest BCUT2D eigenvalue weighted by atomic mass is 10.1. The Morgan fingerprint density at radius 3 is 0.875 bits per heavy atom. The van der Waals surface area contributed by atoms with Gasteiger partial charge < -0.3 is 10.2 Å². The number of aliphatic hydroxyl groups excluding tert-OH is 2. The van der Waals surface area contributed by atoms with E-state index in [1.165, 1.54) is 101 Å². The molecule has 2 nitrogen and oxygen atoms in total. The van der Waals surface area contributed by atoms with E-state index < -0.39 is 0 Å². The standard InChI is InChI=1S/C20H42O2S2/c21-17-13-9-5-1-3-7-11-15-19-23-24-20-16-12-8-4-2-6-10-14-18-22/h21-22H,1-20H2. The number of hydrogen-bond donors (Lipinski definition) is 2. The van der Waals surface area contributed by atoms with Gasteiger partial charge in [0, 0.05) is 24.7 Å². The smallest absolute Gasteiger partial charge is 0.0431 e. The van der Waals surface area contributed by atoms with Crippen LogP contribution in [0.1, 0.15) is 103 Å². The fourth-order valence-corrected chi connectivity index (χ4v) is 5.08. The highest BCUT2D eigenvalue weighted by molar-refractivity contribution is 8.76. The third-order valence-electron chi connectivity index (χ3n) is 4.35. The Labute approximate surface area is 159 Å². The topological polar surface area (TPSA) is 40.5 Å². The number of hydrogen-bond acceptors (Lipinski definition) is 4. The van der Waals surface area contributed by atoms with Gasteiger partial charge in [-0.2, -0.15) is 0 Å². The van der Waals surface area contributed by atoms with Crippen LogP contribution in [-0.4, -0.2) is 34.9 Å². The molecule has 0 heterocycles. The van der Waals surface area contributed by atoms with E-state index in [4.69, 9.17) is 10.2 Å². The summed E-state index contributed by atoms with van der Waals surface area (Å²) in [5.41, 5.74) is 0. The van der Waals surface area contributed by atoms with Crippen molar-refractivity contribution in [3.8, 4) is 0 Å². The minimum Gasteiger partial charge on any atom is -0.396 e. The van der Waals surface area contributed by atoms with Gasteiger partial charge >= 0.3 is 0 Å². The molecule has 0 spiro atoms. The highest BCUT2D eigenvalue weighted by Gasteiger charge is 1.95. The maximum atomic E-state index is 8.71. The van der Waals surface area contributed by atoms with Crippen molar-refractivity contribution in [1.29, 1.82) is 0 Å². The molecule has 0 saturated carbocycles. The van der Waals surface area contributed by atoms with Gasteiger partial charge in [-0.05, 0) is 25.7 Å². The van der Waals surface area contributed by atoms with Crippen molar-refractivity contribution in [3.05, 3.63) is 0 Å². The van der Waals surface area contributed by atoms with E-state index in [0.717, 1.165) is 12.8 Å². The van der Waals surface area contributed by atoms with Crippen molar-refractivity contribution in [2.24, 2.45) is 0 Å². The van der Waals surface area contributed by atoms with E-state index in [-0.39, 0.29) is 0 Å². The molecule has 0 aliphatic rings. The van der Waals surface area contributed by atoms with E-state index in [0.29, 0.717) is 13.2 Å². The molecular weight excluding hydrogens is 336 g/mol. The molecule has 146 valence electrons. The fourth-order valence-electron chi connectivity index (χ4n) is 2.78. The van der Waals surface area contributed by atoms with Crippen molar-refractivity contribution in [3.63, 3.8) is 0 Å². The Hall–Kier alpha value is 0.620. The summed E-state index contributed by atoms with van der Waals surface area (Å²) in [7, 11) is 4.14. The molecule has 2 N–H and O–H groups in total. The van der Waals surface area contributed by atoms with Crippen LogP contribution in [0.4, 0.5) is 0 Å². The lowest BCUT2D eigenvalue weighted by Crippen LogP contribution is -1.85. The van der Waals surface area contributed by atoms with Crippen LogP contribution >= 0.6 is 21.6 Å². The molecule has 0 radical (unpaired) electrons. The highest BCUT2D eigenvalue weighted by Crippen LogP contribution is 2.24. The van der Waals surface area contributed by atoms with Crippen LogP contribution in [0, 0.1) is 0 Å². The van der Waals surface area contributed by atoms with Crippen LogP contribution in [0.25, 0.3) is 0 Å². The molecular formula is C20H42O2S2. The number of rotatable bonds is 21. The van der Waals surface area contributed by atoms with Gasteiger partial charge in [0.2, 0.25) is 0 Å². The summed E-state index contributed by atoms with van der Waals surface area (Å²) >= 11 is 0. The monoisotopic (exact) mass is 378 g/mol. The average molecular weight is 379 g/mol. The van der Waals surface area contributed by atoms with Crippen LogP contribution in [0.3, 0.4) is 0 Å². The first-order chi connectivity index (χ1) is 11.9. The first kappa shape index (κ1) is 24.6. The first-order valence-electron chi connectivity index (χ1n) is 10.4. The Morgan fingerprint density at radius 1 is 0.333 bits per heavy atom. The van der Waals surface area contributed by atoms with Crippen LogP contribution in [0.5, 0.6) is 0 Å². The average Bonchev–Trinajstić information content (AvgIpc) is 2.60. The summed E-state index contributed by atoms with van der Waals surface area (Å²) in [5.74, 6) is 2.64. The quantitative estimate of drug-likeness (QED) is 0.174. The predicted molar refractivity (Wildman–Crippen MR) is 113 cm³/mol. The first-order valence-corrected chi connectivity index (χ1v) is 12.9. The zero-order valence-electron chi connectivity index (χ0n) is 15.9. The largest absolute Gasteiger partial charge is 0.396 e. The lowest BCUT2D eigenvalue weighted by molar-refractivity contribution is 0.282. The molecule has 24 heavy (non-hydrogen) atoms. The summed E-state index contributed by atoms with van der Waals surface area (Å²) in [6.45, 7) is 0.723. The fraction of sp³-hybridized carbons (Fsp3) is 1.00. The molecule has 0 aliphatic carbocycles. The molecule has 0 aromatic carbocycles. The zero-order chi connectivity index (χ0) is 17.6. The Bertz CT molecular complexity index is 194. The predicted octanol–water partition coefficient (Wildman–Crippen LogP) is 6.59. The molecule has 4 heteroatoms. The second-order valence-electron chi connectivity index (χ2n) is 6.75. The summed E-state index contributed by atoms with van der Waals surface area (Å²) in [5, 5.41) is 17.4. The van der Waals surface area contributed by atoms with Gasteiger partial charge in [-0.15, -0.1) is 0 Å². The normalized spacial score (nSPS) is 11.2. The Morgan fingerprint density at radius 2 is 0.583 bits per heavy atom. The van der Waals surface area contributed by atoms with Gasteiger partial charge in [-0.25, -0.2) is 0 Å². The molecule has 0 rings (SSSR count). The molecule has 0 amide bonds. The molecule has 0 aromatic heterocycles. The number of unbranched alkanes of at least 4 members (excludes halogenated alkanes) is 14. The second kappa shape index (κ2) is 23.6. The Balaban J connectivity index is 2.93. The van der Waals surface area contributed by atoms with Crippen molar-refractivity contribution in [2.45, 2.75) is 103 Å². The summed E-state index contributed by atoms with van der Waals surface area (Å²) in [4.78, 5) is 0. The minimum atomic E-state index is 0.361. The lowest BCUT2D eigenvalue weighted by Gasteiger charge is -2.03. The maximum Gasteiger partial charge on any atom is 0.0431 e. The van der Waals surface area contributed by atoms with Gasteiger partial charge in [-0.3, -0.25) is 0 Å². The number of aliphatic hydroxyl groups is 2. The van der Waals surface area contributed by atoms with Crippen molar-refractivity contribution in [1.82, 2.24) is 0 Å². The Kier molecular flexibility index (Phi) is 24.2. The van der Waals surface area contributed by atoms with Gasteiger partial charge in [0.05, 0.1) is 0 Å². The van der Waals surface area contributed by atoms with Crippen LogP contribution in [0.15, 0.2) is 0 Å². The molecule has 0 fully saturated rings. The molecule has 0 bridgehead atoms. The molecule has 0 aromatic rings. The van der Waals surface area contributed by atoms with Gasteiger partial charge in [-0.1, -0.05) is 98.6 Å². The van der Waals surface area contributed by atoms with Gasteiger partial charge in [0.15, 0.2) is 0 Å². The van der Waals surface area contributed by atoms with Crippen molar-refractivity contribution >= 4 is 21.6 Å². The van der Waals surface area contributed by atoms with E-state index in [9.17, 15) is 0 Å². The third kappa shape index (κ3) is 22.6. The maximum absolute atomic E-state index is 8.71. The molecule has 0 aliphatic heterocycles. The van der Waals surface area contributed by atoms with Crippen LogP contribution in [0.2, 0.25) is 0 Å². The van der Waals surface area contributed by atoms with Crippen molar-refractivity contribution < 1.29 is 10.2 Å². The molecule has 0 atom stereocenters.